The Labute approximate surface area is 107 Å². The van der Waals surface area contributed by atoms with E-state index in [9.17, 15) is 18.0 Å². The maximum atomic E-state index is 12.2. The summed E-state index contributed by atoms with van der Waals surface area (Å²) in [6.45, 7) is 3.85. The van der Waals surface area contributed by atoms with E-state index in [2.05, 4.69) is 5.32 Å². The van der Waals surface area contributed by atoms with Crippen LogP contribution in [0.4, 0.5) is 4.79 Å². The second-order valence-electron chi connectivity index (χ2n) is 5.08. The number of sulfone groups is 1. The lowest BCUT2D eigenvalue weighted by Crippen LogP contribution is -2.42. The molecule has 0 aromatic heterocycles. The fourth-order valence-corrected chi connectivity index (χ4v) is 4.16. The highest BCUT2D eigenvalue weighted by atomic mass is 32.2. The Balaban J connectivity index is 2.15. The lowest BCUT2D eigenvalue weighted by Gasteiger charge is -2.20. The maximum Gasteiger partial charge on any atom is 0.325 e. The van der Waals surface area contributed by atoms with E-state index >= 15 is 0 Å². The average Bonchev–Trinajstić information content (AvgIpc) is 2.78. The highest BCUT2D eigenvalue weighted by Crippen LogP contribution is 2.24. The van der Waals surface area contributed by atoms with Crippen LogP contribution >= 0.6 is 0 Å². The molecule has 3 unspecified atom stereocenters. The summed E-state index contributed by atoms with van der Waals surface area (Å²) in [4.78, 5) is 25.1. The number of urea groups is 1. The van der Waals surface area contributed by atoms with Crippen LogP contribution in [-0.4, -0.2) is 48.8 Å². The molecule has 0 aliphatic carbocycles. The zero-order valence-corrected chi connectivity index (χ0v) is 11.4. The molecule has 2 rings (SSSR count). The number of rotatable bonds is 3. The summed E-state index contributed by atoms with van der Waals surface area (Å²) in [5, 5.41) is 2.65. The van der Waals surface area contributed by atoms with E-state index in [0.29, 0.717) is 6.42 Å². The number of nitrogens with zero attached hydrogens (tertiary/aromatic N) is 1. The molecular formula is C11H18N2O4S. The van der Waals surface area contributed by atoms with Gasteiger partial charge in [0.15, 0.2) is 9.84 Å². The van der Waals surface area contributed by atoms with Crippen molar-refractivity contribution < 1.29 is 18.0 Å². The molecule has 6 nitrogen and oxygen atoms in total. The highest BCUT2D eigenvalue weighted by molar-refractivity contribution is 7.91. The molecule has 3 amide bonds. The summed E-state index contributed by atoms with van der Waals surface area (Å²) < 4.78 is 22.8. The van der Waals surface area contributed by atoms with Crippen LogP contribution in [0.5, 0.6) is 0 Å². The zero-order valence-electron chi connectivity index (χ0n) is 10.5. The van der Waals surface area contributed by atoms with E-state index in [1.165, 1.54) is 0 Å². The van der Waals surface area contributed by atoms with Gasteiger partial charge in [-0.1, -0.05) is 20.3 Å². The zero-order chi connectivity index (χ0) is 13.5. The van der Waals surface area contributed by atoms with Crippen molar-refractivity contribution >= 4 is 21.8 Å². The molecule has 102 valence electrons. The van der Waals surface area contributed by atoms with E-state index in [1.54, 1.807) is 0 Å². The van der Waals surface area contributed by atoms with Gasteiger partial charge in [-0.2, -0.15) is 0 Å². The molecule has 18 heavy (non-hydrogen) atoms. The molecule has 0 saturated carbocycles. The number of hydrogen-bond acceptors (Lipinski definition) is 4. The third-order valence-electron chi connectivity index (χ3n) is 3.79. The molecule has 2 aliphatic heterocycles. The van der Waals surface area contributed by atoms with Gasteiger partial charge in [0.25, 0.3) is 5.91 Å². The van der Waals surface area contributed by atoms with Crippen LogP contribution < -0.4 is 5.32 Å². The Morgan fingerprint density at radius 3 is 2.61 bits per heavy atom. The van der Waals surface area contributed by atoms with E-state index < -0.39 is 28.0 Å². The summed E-state index contributed by atoms with van der Waals surface area (Å²) in [5.41, 5.74) is 0. The summed E-state index contributed by atoms with van der Waals surface area (Å²) in [7, 11) is -3.10. The standard InChI is InChI=1S/C11H18N2O4S/c1-3-7(2)9-10(14)13(11(15)12-9)8-4-5-18(16,17)6-8/h7-9H,3-6H2,1-2H3,(H,12,15). The Morgan fingerprint density at radius 1 is 1.44 bits per heavy atom. The lowest BCUT2D eigenvalue weighted by atomic mass is 9.99. The van der Waals surface area contributed by atoms with Crippen molar-refractivity contribution in [2.24, 2.45) is 5.92 Å². The first-order valence-electron chi connectivity index (χ1n) is 6.19. The van der Waals surface area contributed by atoms with Gasteiger partial charge in [0.05, 0.1) is 17.5 Å². The predicted molar refractivity (Wildman–Crippen MR) is 65.7 cm³/mol. The predicted octanol–water partition coefficient (Wildman–Crippen LogP) is 0.140. The van der Waals surface area contributed by atoms with Gasteiger partial charge in [-0.15, -0.1) is 0 Å². The van der Waals surface area contributed by atoms with E-state index in [0.717, 1.165) is 11.3 Å². The quantitative estimate of drug-likeness (QED) is 0.742. The van der Waals surface area contributed by atoms with E-state index in [1.807, 2.05) is 13.8 Å². The second kappa shape index (κ2) is 4.53. The SMILES string of the molecule is CCC(C)C1NC(=O)N(C2CCS(=O)(=O)C2)C1=O. The van der Waals surface area contributed by atoms with Gasteiger partial charge in [-0.05, 0) is 12.3 Å². The van der Waals surface area contributed by atoms with Crippen LogP contribution in [0.1, 0.15) is 26.7 Å². The minimum Gasteiger partial charge on any atom is -0.326 e. The number of carbonyl (C=O) groups excluding carboxylic acids is 2. The van der Waals surface area contributed by atoms with Gasteiger partial charge >= 0.3 is 6.03 Å². The van der Waals surface area contributed by atoms with Crippen LogP contribution in [0, 0.1) is 5.92 Å². The fraction of sp³-hybridized carbons (Fsp3) is 0.818. The van der Waals surface area contributed by atoms with E-state index in [4.69, 9.17) is 0 Å². The molecule has 0 radical (unpaired) electrons. The molecule has 2 heterocycles. The Hall–Kier alpha value is -1.11. The molecule has 2 fully saturated rings. The molecule has 0 aromatic rings. The first-order valence-corrected chi connectivity index (χ1v) is 8.02. The number of carbonyl (C=O) groups is 2. The molecular weight excluding hydrogens is 256 g/mol. The number of hydrogen-bond donors (Lipinski definition) is 1. The minimum atomic E-state index is -3.10. The largest absolute Gasteiger partial charge is 0.326 e. The topological polar surface area (TPSA) is 83.6 Å². The van der Waals surface area contributed by atoms with Crippen molar-refractivity contribution in [3.8, 4) is 0 Å². The van der Waals surface area contributed by atoms with Gasteiger partial charge in [-0.25, -0.2) is 13.2 Å². The van der Waals surface area contributed by atoms with Gasteiger partial charge < -0.3 is 5.32 Å². The van der Waals surface area contributed by atoms with Gasteiger partial charge in [0.2, 0.25) is 0 Å². The Kier molecular flexibility index (Phi) is 3.35. The molecule has 3 atom stereocenters. The number of amides is 3. The molecule has 2 saturated heterocycles. The Morgan fingerprint density at radius 2 is 2.11 bits per heavy atom. The maximum absolute atomic E-state index is 12.2. The van der Waals surface area contributed by atoms with Crippen LogP contribution in [-0.2, 0) is 14.6 Å². The van der Waals surface area contributed by atoms with Gasteiger partial charge in [0.1, 0.15) is 6.04 Å². The summed E-state index contributed by atoms with van der Waals surface area (Å²) >= 11 is 0. The van der Waals surface area contributed by atoms with Crippen molar-refractivity contribution in [3.05, 3.63) is 0 Å². The third kappa shape index (κ3) is 2.23. The first kappa shape index (κ1) is 13.3. The number of imide groups is 1. The van der Waals surface area contributed by atoms with Crippen LogP contribution in [0.25, 0.3) is 0 Å². The van der Waals surface area contributed by atoms with Crippen LogP contribution in [0.2, 0.25) is 0 Å². The third-order valence-corrected chi connectivity index (χ3v) is 5.54. The van der Waals surface area contributed by atoms with Crippen LogP contribution in [0.15, 0.2) is 0 Å². The van der Waals surface area contributed by atoms with Crippen LogP contribution in [0.3, 0.4) is 0 Å². The smallest absolute Gasteiger partial charge is 0.325 e. The second-order valence-corrected chi connectivity index (χ2v) is 7.31. The molecule has 1 N–H and O–H groups in total. The van der Waals surface area contributed by atoms with Crippen molar-refractivity contribution in [1.29, 1.82) is 0 Å². The molecule has 2 aliphatic rings. The fourth-order valence-electron chi connectivity index (χ4n) is 2.46. The molecule has 0 spiro atoms. The summed E-state index contributed by atoms with van der Waals surface area (Å²) in [5.74, 6) is -0.261. The van der Waals surface area contributed by atoms with Gasteiger partial charge in [0, 0.05) is 0 Å². The summed E-state index contributed by atoms with van der Waals surface area (Å²) in [6.07, 6.45) is 1.14. The summed E-state index contributed by atoms with van der Waals surface area (Å²) in [6, 6.07) is -1.45. The lowest BCUT2D eigenvalue weighted by molar-refractivity contribution is -0.129. The monoisotopic (exact) mass is 274 g/mol. The minimum absolute atomic E-state index is 0.0583. The molecule has 0 bridgehead atoms. The normalized spacial score (nSPS) is 32.7. The highest BCUT2D eigenvalue weighted by Gasteiger charge is 2.46. The first-order chi connectivity index (χ1) is 8.35. The van der Waals surface area contributed by atoms with Crippen molar-refractivity contribution in [2.75, 3.05) is 11.5 Å². The van der Waals surface area contributed by atoms with Crippen molar-refractivity contribution in [1.82, 2.24) is 10.2 Å². The van der Waals surface area contributed by atoms with Crippen molar-refractivity contribution in [3.63, 3.8) is 0 Å². The number of nitrogens with one attached hydrogen (secondary N) is 1. The van der Waals surface area contributed by atoms with E-state index in [-0.39, 0.29) is 23.3 Å². The molecule has 0 aromatic carbocycles. The van der Waals surface area contributed by atoms with Crippen molar-refractivity contribution in [2.45, 2.75) is 38.8 Å². The van der Waals surface area contributed by atoms with Gasteiger partial charge in [-0.3, -0.25) is 9.69 Å². The average molecular weight is 274 g/mol. The molecule has 7 heteroatoms. The Bertz CT molecular complexity index is 473.